The van der Waals surface area contributed by atoms with Crippen LogP contribution in [0.1, 0.15) is 51.3 Å². The number of ketones is 1. The largest absolute Gasteiger partial charge is 0.416 e. The van der Waals surface area contributed by atoms with Crippen molar-refractivity contribution in [3.8, 4) is 5.69 Å². The zero-order valence-corrected chi connectivity index (χ0v) is 21.0. The van der Waals surface area contributed by atoms with E-state index in [2.05, 4.69) is 0 Å². The maximum absolute atomic E-state index is 14.0. The van der Waals surface area contributed by atoms with Crippen molar-refractivity contribution in [1.82, 2.24) is 9.78 Å². The van der Waals surface area contributed by atoms with Gasteiger partial charge >= 0.3 is 6.18 Å². The Hall–Kier alpha value is -3.72. The van der Waals surface area contributed by atoms with Crippen molar-refractivity contribution in [3.05, 3.63) is 99.4 Å². The van der Waals surface area contributed by atoms with Gasteiger partial charge in [-0.1, -0.05) is 36.4 Å². The molecular weight excluding hydrogens is 499 g/mol. The van der Waals surface area contributed by atoms with E-state index in [1.54, 1.807) is 9.58 Å². The molecular formula is C28H24F3N3O2S. The van der Waals surface area contributed by atoms with Crippen molar-refractivity contribution in [2.75, 3.05) is 11.4 Å². The molecule has 0 saturated carbocycles. The topological polar surface area (TPSA) is 55.2 Å². The first-order valence-electron chi connectivity index (χ1n) is 11.9. The van der Waals surface area contributed by atoms with Gasteiger partial charge in [0.15, 0.2) is 5.78 Å². The van der Waals surface area contributed by atoms with Crippen LogP contribution in [-0.2, 0) is 11.0 Å². The molecule has 0 spiro atoms. The van der Waals surface area contributed by atoms with Crippen LogP contribution in [0.25, 0.3) is 5.69 Å². The number of thiophene rings is 1. The molecule has 2 aromatic carbocycles. The molecule has 5 nitrogen and oxygen atoms in total. The first-order chi connectivity index (χ1) is 17.7. The number of para-hydroxylation sites is 1. The van der Waals surface area contributed by atoms with E-state index in [1.807, 2.05) is 61.7 Å². The fourth-order valence-electron chi connectivity index (χ4n) is 5.05. The summed E-state index contributed by atoms with van der Waals surface area (Å²) in [7, 11) is 0. The van der Waals surface area contributed by atoms with Gasteiger partial charge < -0.3 is 0 Å². The first-order valence-corrected chi connectivity index (χ1v) is 12.8. The van der Waals surface area contributed by atoms with Crippen LogP contribution in [0.5, 0.6) is 0 Å². The molecule has 2 aromatic heterocycles. The van der Waals surface area contributed by atoms with Gasteiger partial charge in [0, 0.05) is 34.9 Å². The molecule has 1 aliphatic heterocycles. The lowest BCUT2D eigenvalue weighted by molar-refractivity contribution is -0.137. The fraction of sp³-hybridized carbons (Fsp3) is 0.250. The minimum Gasteiger partial charge on any atom is -0.296 e. The molecule has 0 fully saturated rings. The maximum atomic E-state index is 14.0. The maximum Gasteiger partial charge on any atom is 0.416 e. The van der Waals surface area contributed by atoms with Crippen LogP contribution in [0.15, 0.2) is 72.1 Å². The van der Waals surface area contributed by atoms with Gasteiger partial charge in [-0.3, -0.25) is 14.5 Å². The first kappa shape index (κ1) is 25.0. The van der Waals surface area contributed by atoms with Gasteiger partial charge in [-0.05, 0) is 49.6 Å². The predicted molar refractivity (Wildman–Crippen MR) is 136 cm³/mol. The number of hydrogen-bond donors (Lipinski definition) is 0. The Bertz CT molecular complexity index is 1450. The second kappa shape index (κ2) is 9.63. The van der Waals surface area contributed by atoms with Crippen LogP contribution in [0.2, 0.25) is 0 Å². The minimum absolute atomic E-state index is 0.0573. The molecule has 0 aliphatic carbocycles. The van der Waals surface area contributed by atoms with Crippen LogP contribution in [-0.4, -0.2) is 28.0 Å². The summed E-state index contributed by atoms with van der Waals surface area (Å²) >= 11 is 1.48. The number of alkyl halides is 3. The summed E-state index contributed by atoms with van der Waals surface area (Å²) in [6, 6.07) is 17.7. The highest BCUT2D eigenvalue weighted by Gasteiger charge is 2.46. The van der Waals surface area contributed by atoms with E-state index in [0.29, 0.717) is 12.4 Å². The van der Waals surface area contributed by atoms with E-state index >= 15 is 0 Å². The van der Waals surface area contributed by atoms with Gasteiger partial charge in [0.1, 0.15) is 5.82 Å². The molecule has 4 aromatic rings. The molecule has 1 amide bonds. The van der Waals surface area contributed by atoms with Gasteiger partial charge in [-0.2, -0.15) is 18.3 Å². The van der Waals surface area contributed by atoms with Gasteiger partial charge in [0.25, 0.3) is 0 Å². The second-order valence-electron chi connectivity index (χ2n) is 8.96. The number of aromatic nitrogens is 2. The zero-order valence-electron chi connectivity index (χ0n) is 20.2. The summed E-state index contributed by atoms with van der Waals surface area (Å²) < 4.78 is 41.6. The molecule has 3 heterocycles. The molecule has 0 unspecified atom stereocenters. The van der Waals surface area contributed by atoms with Gasteiger partial charge in [0.2, 0.25) is 5.91 Å². The number of fused-ring (bicyclic) bond motifs is 1. The smallest absolute Gasteiger partial charge is 0.296 e. The zero-order chi connectivity index (χ0) is 26.3. The number of Topliss-reactive ketones (excluding diaryl/α,β-unsaturated/α-hetero) is 1. The molecule has 0 N–H and O–H groups in total. The lowest BCUT2D eigenvalue weighted by Gasteiger charge is -2.37. The van der Waals surface area contributed by atoms with E-state index in [0.717, 1.165) is 34.0 Å². The fourth-order valence-corrected chi connectivity index (χ4v) is 5.95. The number of halogens is 3. The standard InChI is InChI=1S/C28H24F3N3O2S/c1-3-33-26-24(17(2)32-34(26)20-11-5-4-6-12-20)25(23-13-8-14-37-23)21(27(33)36)16-22(35)18-9-7-10-19(15-18)28(29,30)31/h4-15,21,25H,3,16H2,1-2H3/t21-,25-/m0/s1. The molecule has 2 atom stereocenters. The molecule has 190 valence electrons. The van der Waals surface area contributed by atoms with E-state index < -0.39 is 29.4 Å². The van der Waals surface area contributed by atoms with Gasteiger partial charge in [0.05, 0.1) is 22.9 Å². The van der Waals surface area contributed by atoms with Gasteiger partial charge in [-0.15, -0.1) is 11.3 Å². The number of anilines is 1. The Labute approximate surface area is 216 Å². The van der Waals surface area contributed by atoms with E-state index in [1.165, 1.54) is 23.5 Å². The quantitative estimate of drug-likeness (QED) is 0.266. The number of benzene rings is 2. The van der Waals surface area contributed by atoms with Crippen LogP contribution < -0.4 is 4.90 Å². The summed E-state index contributed by atoms with van der Waals surface area (Å²) in [5.41, 5.74) is 1.45. The number of amides is 1. The number of hydrogen-bond acceptors (Lipinski definition) is 4. The van der Waals surface area contributed by atoms with Crippen LogP contribution in [0, 0.1) is 12.8 Å². The molecule has 5 rings (SSSR count). The molecule has 0 saturated heterocycles. The molecule has 0 radical (unpaired) electrons. The number of carbonyl (C=O) groups is 2. The van der Waals surface area contributed by atoms with Crippen LogP contribution in [0.3, 0.4) is 0 Å². The average molecular weight is 524 g/mol. The third-order valence-corrected chi connectivity index (χ3v) is 7.67. The number of rotatable bonds is 6. The Morgan fingerprint density at radius 1 is 1.05 bits per heavy atom. The highest BCUT2D eigenvalue weighted by molar-refractivity contribution is 7.10. The van der Waals surface area contributed by atoms with Crippen molar-refractivity contribution in [1.29, 1.82) is 0 Å². The minimum atomic E-state index is -4.56. The van der Waals surface area contributed by atoms with Crippen LogP contribution in [0.4, 0.5) is 19.0 Å². The lowest BCUT2D eigenvalue weighted by Crippen LogP contribution is -2.45. The average Bonchev–Trinajstić information content (AvgIpc) is 3.53. The highest BCUT2D eigenvalue weighted by atomic mass is 32.1. The summed E-state index contributed by atoms with van der Waals surface area (Å²) in [6.07, 6.45) is -4.78. The molecule has 1 aliphatic rings. The molecule has 0 bridgehead atoms. The summed E-state index contributed by atoms with van der Waals surface area (Å²) in [5, 5.41) is 6.69. The molecule has 9 heteroatoms. The Morgan fingerprint density at radius 3 is 2.46 bits per heavy atom. The SMILES string of the molecule is CCN1C(=O)[C@@H](CC(=O)c2cccc(C(F)(F)F)c2)[C@@H](c2cccs2)c2c(C)nn(-c3ccccc3)c21. The van der Waals surface area contributed by atoms with E-state index in [-0.39, 0.29) is 17.9 Å². The van der Waals surface area contributed by atoms with E-state index in [9.17, 15) is 22.8 Å². The highest BCUT2D eigenvalue weighted by Crippen LogP contribution is 2.48. The Morgan fingerprint density at radius 2 is 1.81 bits per heavy atom. The third-order valence-electron chi connectivity index (χ3n) is 6.72. The second-order valence-corrected chi connectivity index (χ2v) is 9.94. The third kappa shape index (κ3) is 4.48. The van der Waals surface area contributed by atoms with Crippen molar-refractivity contribution in [2.24, 2.45) is 5.92 Å². The normalized spacial score (nSPS) is 17.6. The monoisotopic (exact) mass is 523 g/mol. The number of aryl methyl sites for hydroxylation is 1. The van der Waals surface area contributed by atoms with Gasteiger partial charge in [-0.25, -0.2) is 4.68 Å². The number of carbonyl (C=O) groups excluding carboxylic acids is 2. The predicted octanol–water partition coefficient (Wildman–Crippen LogP) is 6.65. The van der Waals surface area contributed by atoms with Crippen molar-refractivity contribution >= 4 is 28.8 Å². The Balaban J connectivity index is 1.62. The lowest BCUT2D eigenvalue weighted by atomic mass is 9.77. The molecule has 37 heavy (non-hydrogen) atoms. The summed E-state index contributed by atoms with van der Waals surface area (Å²) in [4.78, 5) is 29.8. The van der Waals surface area contributed by atoms with Crippen molar-refractivity contribution < 1.29 is 22.8 Å². The summed E-state index contributed by atoms with van der Waals surface area (Å²) in [5.74, 6) is -1.31. The number of nitrogens with zero attached hydrogens (tertiary/aromatic N) is 3. The van der Waals surface area contributed by atoms with Crippen molar-refractivity contribution in [3.63, 3.8) is 0 Å². The Kier molecular flexibility index (Phi) is 6.49. The van der Waals surface area contributed by atoms with Crippen molar-refractivity contribution in [2.45, 2.75) is 32.4 Å². The van der Waals surface area contributed by atoms with E-state index in [4.69, 9.17) is 5.10 Å². The summed E-state index contributed by atoms with van der Waals surface area (Å²) in [6.45, 7) is 4.10. The van der Waals surface area contributed by atoms with Crippen LogP contribution >= 0.6 is 11.3 Å².